The number of hydrogen-bond donors (Lipinski definition) is 0. The summed E-state index contributed by atoms with van der Waals surface area (Å²) >= 11 is 0. The van der Waals surface area contributed by atoms with Crippen molar-refractivity contribution in [1.29, 1.82) is 0 Å². The van der Waals surface area contributed by atoms with Crippen molar-refractivity contribution in [1.82, 2.24) is 0 Å². The fourth-order valence-electron chi connectivity index (χ4n) is 7.49. The Morgan fingerprint density at radius 2 is 0.434 bits per heavy atom. The van der Waals surface area contributed by atoms with Crippen molar-refractivity contribution in [2.24, 2.45) is 0 Å². The molecule has 6 heteroatoms. The van der Waals surface area contributed by atoms with Gasteiger partial charge in [-0.05, 0) is 173 Å². The van der Waals surface area contributed by atoms with Crippen LogP contribution in [0.2, 0.25) is 0 Å². The maximum atomic E-state index is 12.9. The van der Waals surface area contributed by atoms with Gasteiger partial charge in [0.25, 0.3) is 0 Å². The molecule has 0 aromatic heterocycles. The van der Waals surface area contributed by atoms with Crippen LogP contribution in [0.3, 0.4) is 0 Å². The number of unbranched alkanes of at least 4 members (excludes halogenated alkanes) is 5. The van der Waals surface area contributed by atoms with Gasteiger partial charge in [0.05, 0.1) is 0 Å². The van der Waals surface area contributed by atoms with E-state index >= 15 is 0 Å². The van der Waals surface area contributed by atoms with Crippen molar-refractivity contribution in [3.8, 4) is 0 Å². The Labute approximate surface area is 507 Å². The molecule has 0 aromatic carbocycles. The number of ether oxygens (including phenoxy) is 3. The molecule has 0 aliphatic carbocycles. The van der Waals surface area contributed by atoms with Crippen LogP contribution < -0.4 is 0 Å². The SMILES string of the molecule is CC/C=C\C/C=C\C/C=C\C/C=C\C/C=C\C/C=C\C/C=C\C/C=C\CCCCC(=O)OCC(COC(=O)CCC/C=C\C/C=C\C/C=C\C/C=C\C/C=C\CC)OC(=O)CCCC/C=C\C/C=C\C/C=C\C/C=C\C/C=C\C/C=C\CC. The van der Waals surface area contributed by atoms with Crippen LogP contribution in [0.5, 0.6) is 0 Å². The average molecular weight is 1130 g/mol. The minimum Gasteiger partial charge on any atom is -0.462 e. The molecule has 0 aliphatic rings. The lowest BCUT2D eigenvalue weighted by Crippen LogP contribution is -2.30. The van der Waals surface area contributed by atoms with Crippen molar-refractivity contribution in [3.05, 3.63) is 231 Å². The van der Waals surface area contributed by atoms with Crippen molar-refractivity contribution in [3.63, 3.8) is 0 Å². The molecule has 0 heterocycles. The molecular formula is C77H112O6. The number of hydrogen-bond acceptors (Lipinski definition) is 6. The summed E-state index contributed by atoms with van der Waals surface area (Å²) in [6.07, 6.45) is 108. The van der Waals surface area contributed by atoms with Crippen LogP contribution in [0.15, 0.2) is 231 Å². The highest BCUT2D eigenvalue weighted by molar-refractivity contribution is 5.71. The summed E-state index contributed by atoms with van der Waals surface area (Å²) in [5.74, 6) is -1.11. The van der Waals surface area contributed by atoms with Gasteiger partial charge in [0, 0.05) is 19.3 Å². The Morgan fingerprint density at radius 1 is 0.241 bits per heavy atom. The number of esters is 3. The van der Waals surface area contributed by atoms with E-state index in [1.165, 1.54) is 0 Å². The van der Waals surface area contributed by atoms with Crippen molar-refractivity contribution < 1.29 is 28.6 Å². The monoisotopic (exact) mass is 1130 g/mol. The molecule has 0 amide bonds. The van der Waals surface area contributed by atoms with Gasteiger partial charge in [-0.2, -0.15) is 0 Å². The lowest BCUT2D eigenvalue weighted by Gasteiger charge is -2.18. The van der Waals surface area contributed by atoms with Crippen molar-refractivity contribution in [2.45, 2.75) is 219 Å². The van der Waals surface area contributed by atoms with E-state index in [0.717, 1.165) is 154 Å². The van der Waals surface area contributed by atoms with Gasteiger partial charge in [-0.1, -0.05) is 252 Å². The Balaban J connectivity index is 4.66. The topological polar surface area (TPSA) is 78.9 Å². The fourth-order valence-corrected chi connectivity index (χ4v) is 7.49. The Bertz CT molecular complexity index is 2130. The Hall–Kier alpha value is -6.53. The zero-order valence-corrected chi connectivity index (χ0v) is 52.1. The van der Waals surface area contributed by atoms with Crippen LogP contribution >= 0.6 is 0 Å². The fraction of sp³-hybridized carbons (Fsp3) is 0.468. The normalized spacial score (nSPS) is 13.7. The molecule has 0 N–H and O–H groups in total. The summed E-state index contributed by atoms with van der Waals surface area (Å²) in [4.78, 5) is 38.3. The number of carbonyl (C=O) groups is 3. The van der Waals surface area contributed by atoms with Crippen LogP contribution in [0.1, 0.15) is 213 Å². The van der Waals surface area contributed by atoms with E-state index in [1.807, 2.05) is 0 Å². The van der Waals surface area contributed by atoms with E-state index in [4.69, 9.17) is 14.2 Å². The molecular weight excluding hydrogens is 1020 g/mol. The van der Waals surface area contributed by atoms with Crippen molar-refractivity contribution in [2.75, 3.05) is 13.2 Å². The molecule has 0 aromatic rings. The molecule has 0 aliphatic heterocycles. The lowest BCUT2D eigenvalue weighted by molar-refractivity contribution is -0.167. The van der Waals surface area contributed by atoms with E-state index < -0.39 is 12.1 Å². The summed E-state index contributed by atoms with van der Waals surface area (Å²) in [6.45, 7) is 6.15. The Kier molecular flexibility index (Phi) is 62.6. The van der Waals surface area contributed by atoms with Gasteiger partial charge in [-0.3, -0.25) is 14.4 Å². The molecule has 1 unspecified atom stereocenters. The minimum atomic E-state index is -0.861. The lowest BCUT2D eigenvalue weighted by atomic mass is 10.1. The maximum Gasteiger partial charge on any atom is 0.306 e. The molecule has 0 spiro atoms. The summed E-state index contributed by atoms with van der Waals surface area (Å²) < 4.78 is 16.8. The molecule has 0 fully saturated rings. The summed E-state index contributed by atoms with van der Waals surface area (Å²) in [7, 11) is 0. The van der Waals surface area contributed by atoms with Gasteiger partial charge in [0.2, 0.25) is 0 Å². The summed E-state index contributed by atoms with van der Waals surface area (Å²) in [5.41, 5.74) is 0. The van der Waals surface area contributed by atoms with E-state index in [-0.39, 0.29) is 44.4 Å². The second-order valence-corrected chi connectivity index (χ2v) is 19.8. The van der Waals surface area contributed by atoms with Gasteiger partial charge in [0.1, 0.15) is 13.2 Å². The first-order valence-corrected chi connectivity index (χ1v) is 31.9. The zero-order chi connectivity index (χ0) is 59.9. The first-order chi connectivity index (χ1) is 41.0. The smallest absolute Gasteiger partial charge is 0.306 e. The van der Waals surface area contributed by atoms with Crippen LogP contribution in [0, 0.1) is 0 Å². The average Bonchev–Trinajstić information content (AvgIpc) is 3.49. The number of allylic oxidation sites excluding steroid dienone is 38. The summed E-state index contributed by atoms with van der Waals surface area (Å²) in [5, 5.41) is 0. The largest absolute Gasteiger partial charge is 0.462 e. The Morgan fingerprint density at radius 3 is 0.675 bits per heavy atom. The number of rotatable bonds is 54. The van der Waals surface area contributed by atoms with E-state index in [1.54, 1.807) is 0 Å². The molecule has 6 nitrogen and oxygen atoms in total. The highest BCUT2D eigenvalue weighted by Crippen LogP contribution is 2.10. The third-order valence-corrected chi connectivity index (χ3v) is 12.1. The van der Waals surface area contributed by atoms with Crippen LogP contribution in [-0.4, -0.2) is 37.2 Å². The first-order valence-electron chi connectivity index (χ1n) is 31.9. The van der Waals surface area contributed by atoms with E-state index in [9.17, 15) is 14.4 Å². The third kappa shape index (κ3) is 66.2. The predicted octanol–water partition coefficient (Wildman–Crippen LogP) is 22.3. The second kappa shape index (κ2) is 68.0. The van der Waals surface area contributed by atoms with E-state index in [2.05, 4.69) is 252 Å². The quantitative estimate of drug-likeness (QED) is 0.0261. The van der Waals surface area contributed by atoms with Crippen LogP contribution in [0.25, 0.3) is 0 Å². The van der Waals surface area contributed by atoms with Gasteiger partial charge in [-0.25, -0.2) is 0 Å². The molecule has 1 atom stereocenters. The first kappa shape index (κ1) is 76.5. The maximum absolute atomic E-state index is 12.9. The van der Waals surface area contributed by atoms with Crippen LogP contribution in [-0.2, 0) is 28.6 Å². The van der Waals surface area contributed by atoms with Gasteiger partial charge in [0.15, 0.2) is 6.10 Å². The van der Waals surface area contributed by atoms with Gasteiger partial charge >= 0.3 is 17.9 Å². The molecule has 83 heavy (non-hydrogen) atoms. The zero-order valence-electron chi connectivity index (χ0n) is 52.1. The summed E-state index contributed by atoms with van der Waals surface area (Å²) in [6, 6.07) is 0. The van der Waals surface area contributed by atoms with Gasteiger partial charge < -0.3 is 14.2 Å². The second-order valence-electron chi connectivity index (χ2n) is 19.8. The highest BCUT2D eigenvalue weighted by atomic mass is 16.6. The van der Waals surface area contributed by atoms with Crippen LogP contribution in [0.4, 0.5) is 0 Å². The molecule has 456 valence electrons. The van der Waals surface area contributed by atoms with Gasteiger partial charge in [-0.15, -0.1) is 0 Å². The molecule has 0 rings (SSSR count). The predicted molar refractivity (Wildman–Crippen MR) is 361 cm³/mol. The van der Waals surface area contributed by atoms with Crippen molar-refractivity contribution >= 4 is 17.9 Å². The molecule has 0 radical (unpaired) electrons. The molecule has 0 saturated carbocycles. The molecule has 0 bridgehead atoms. The van der Waals surface area contributed by atoms with E-state index in [0.29, 0.717) is 19.3 Å². The third-order valence-electron chi connectivity index (χ3n) is 12.1. The minimum absolute atomic E-state index is 0.152. The number of carbonyl (C=O) groups excluding carboxylic acids is 3. The highest BCUT2D eigenvalue weighted by Gasteiger charge is 2.19. The molecule has 0 saturated heterocycles. The standard InChI is InChI=1S/C77H112O6/c1-4-7-10-13-16-19-22-25-28-31-33-35-36-37-38-39-40-42-43-46-49-52-55-58-61-64-67-70-76(79)82-73-74(72-81-75(78)69-66-63-60-57-54-51-48-45-30-27-24-21-18-15-12-9-6-3)83-77(80)71-68-65-62-59-56-53-50-47-44-41-34-32-29-26-23-20-17-14-11-8-5-2/h7-12,16-21,25-30,33-35,37-38,40-42,46-51,55-60,74H,4-6,13-15,22-24,31-32,36,39,43-45,52-54,61-73H2,1-3H3/b10-7-,11-8-,12-9-,19-16-,20-17-,21-18-,28-25-,29-26-,30-27-,35-33-,38-37-,41-34-,42-40-,49-46-,50-47-,51-48-,58-55-,59-56-,60-57-.